The highest BCUT2D eigenvalue weighted by Crippen LogP contribution is 2.32. The summed E-state index contributed by atoms with van der Waals surface area (Å²) in [7, 11) is 1.83. The number of hydrogen-bond acceptors (Lipinski definition) is 4. The van der Waals surface area contributed by atoms with Gasteiger partial charge in [-0.3, -0.25) is 0 Å². The summed E-state index contributed by atoms with van der Waals surface area (Å²) < 4.78 is 8.28. The zero-order valence-corrected chi connectivity index (χ0v) is 17.7. The molecule has 5 rings (SSSR count). The quantitative estimate of drug-likeness (QED) is 0.667. The maximum atomic E-state index is 9.16. The van der Waals surface area contributed by atoms with Gasteiger partial charge in [0.15, 0.2) is 0 Å². The summed E-state index contributed by atoms with van der Waals surface area (Å²) in [5.41, 5.74) is 7.05. The molecule has 3 aromatic rings. The van der Waals surface area contributed by atoms with Crippen molar-refractivity contribution in [1.29, 1.82) is 5.26 Å². The summed E-state index contributed by atoms with van der Waals surface area (Å²) in [6.07, 6.45) is 5.40. The number of rotatable bonds is 4. The minimum atomic E-state index is 0.159. The van der Waals surface area contributed by atoms with Gasteiger partial charge in [-0.2, -0.15) is 5.26 Å². The lowest BCUT2D eigenvalue weighted by molar-refractivity contribution is -0.00875. The van der Waals surface area contributed by atoms with E-state index in [2.05, 4.69) is 57.8 Å². The van der Waals surface area contributed by atoms with Crippen molar-refractivity contribution < 1.29 is 4.74 Å². The third-order valence-corrected chi connectivity index (χ3v) is 6.87. The lowest BCUT2D eigenvalue weighted by Crippen LogP contribution is -2.47. The van der Waals surface area contributed by atoms with Crippen molar-refractivity contribution >= 4 is 11.0 Å². The maximum Gasteiger partial charge on any atom is 0.0991 e. The van der Waals surface area contributed by atoms with Gasteiger partial charge in [-0.05, 0) is 73.1 Å². The number of hydrogen-bond donors (Lipinski definition) is 0. The molecule has 5 heteroatoms. The molecule has 2 heterocycles. The molecule has 1 aromatic heterocycles. The van der Waals surface area contributed by atoms with Gasteiger partial charge >= 0.3 is 0 Å². The highest BCUT2D eigenvalue weighted by molar-refractivity contribution is 5.76. The summed E-state index contributed by atoms with van der Waals surface area (Å²) in [6, 6.07) is 15.2. The van der Waals surface area contributed by atoms with Gasteiger partial charge < -0.3 is 14.2 Å². The Bertz CT molecular complexity index is 1110. The average molecular weight is 401 g/mol. The molecule has 2 aliphatic rings. The normalized spacial score (nSPS) is 24.1. The van der Waals surface area contributed by atoms with Crippen molar-refractivity contribution in [3.8, 4) is 6.07 Å². The van der Waals surface area contributed by atoms with E-state index in [0.29, 0.717) is 12.0 Å². The number of fused-ring (bicyclic) bond motifs is 2. The van der Waals surface area contributed by atoms with Crippen molar-refractivity contribution in [3.05, 3.63) is 65.0 Å². The molecule has 0 radical (unpaired) electrons. The Morgan fingerprint density at radius 3 is 2.87 bits per heavy atom. The summed E-state index contributed by atoms with van der Waals surface area (Å²) in [4.78, 5) is 7.20. The van der Waals surface area contributed by atoms with Crippen LogP contribution in [0.25, 0.3) is 11.0 Å². The first-order valence-electron chi connectivity index (χ1n) is 10.8. The Hall–Kier alpha value is -2.68. The SMILES string of the molecule is CO[C@@H]1CN(C[C@@H]2Cc3ccc(C#N)cc3C2)CC[C@H]1n1cnc2cc(C)ccc21. The molecule has 0 spiro atoms. The second-order valence-corrected chi connectivity index (χ2v) is 8.90. The van der Waals surface area contributed by atoms with Crippen LogP contribution in [0.2, 0.25) is 0 Å². The Kier molecular flexibility index (Phi) is 5.06. The zero-order chi connectivity index (χ0) is 20.7. The predicted molar refractivity (Wildman–Crippen MR) is 117 cm³/mol. The van der Waals surface area contributed by atoms with Gasteiger partial charge in [-0.25, -0.2) is 4.98 Å². The maximum absolute atomic E-state index is 9.16. The van der Waals surface area contributed by atoms with Crippen LogP contribution in [0.3, 0.4) is 0 Å². The van der Waals surface area contributed by atoms with Crippen LogP contribution >= 0.6 is 0 Å². The minimum absolute atomic E-state index is 0.159. The number of benzene rings is 2. The monoisotopic (exact) mass is 400 g/mol. The molecular formula is C25H28N4O. The number of methoxy groups -OCH3 is 1. The number of ether oxygens (including phenoxy) is 1. The number of aromatic nitrogens is 2. The molecule has 1 aliphatic heterocycles. The first-order valence-corrected chi connectivity index (χ1v) is 10.8. The summed E-state index contributed by atoms with van der Waals surface area (Å²) in [5.74, 6) is 0.625. The molecule has 154 valence electrons. The molecule has 5 nitrogen and oxygen atoms in total. The van der Waals surface area contributed by atoms with Gasteiger partial charge in [0, 0.05) is 26.7 Å². The van der Waals surface area contributed by atoms with Crippen LogP contribution < -0.4 is 0 Å². The number of nitrogens with zero attached hydrogens (tertiary/aromatic N) is 4. The number of piperidine rings is 1. The fraction of sp³-hybridized carbons (Fsp3) is 0.440. The Morgan fingerprint density at radius 2 is 2.03 bits per heavy atom. The smallest absolute Gasteiger partial charge is 0.0991 e. The third-order valence-electron chi connectivity index (χ3n) is 6.87. The zero-order valence-electron chi connectivity index (χ0n) is 17.7. The molecule has 1 aliphatic carbocycles. The van der Waals surface area contributed by atoms with Gasteiger partial charge in [0.1, 0.15) is 0 Å². The van der Waals surface area contributed by atoms with Crippen molar-refractivity contribution in [3.63, 3.8) is 0 Å². The van der Waals surface area contributed by atoms with Gasteiger partial charge in [-0.1, -0.05) is 12.1 Å². The molecule has 0 unspecified atom stereocenters. The third kappa shape index (κ3) is 3.51. The molecule has 1 saturated heterocycles. The second-order valence-electron chi connectivity index (χ2n) is 8.90. The predicted octanol–water partition coefficient (Wildman–Crippen LogP) is 3.89. The Morgan fingerprint density at radius 1 is 1.17 bits per heavy atom. The lowest BCUT2D eigenvalue weighted by Gasteiger charge is -2.39. The van der Waals surface area contributed by atoms with Crippen LogP contribution in [0.15, 0.2) is 42.7 Å². The van der Waals surface area contributed by atoms with Gasteiger partial charge in [0.25, 0.3) is 0 Å². The molecule has 0 amide bonds. The molecule has 0 bridgehead atoms. The molecule has 3 atom stereocenters. The first-order chi connectivity index (χ1) is 14.6. The van der Waals surface area contributed by atoms with Crippen LogP contribution in [0, 0.1) is 24.2 Å². The standard InChI is InChI=1S/C25H28N4O/c1-17-3-6-23-22(9-17)27-16-29(23)24-7-8-28(15-25(24)30-2)14-19-11-20-5-4-18(13-26)10-21(20)12-19/h3-6,9-10,16,19,24-25H,7-8,11-12,14-15H2,1-2H3/t19-,24-,25-/m1/s1. The number of imidazole rings is 1. The Labute approximate surface area is 177 Å². The fourth-order valence-corrected chi connectivity index (χ4v) is 5.36. The van der Waals surface area contributed by atoms with E-state index in [0.717, 1.165) is 50.0 Å². The van der Waals surface area contributed by atoms with Crippen LogP contribution in [0.4, 0.5) is 0 Å². The number of nitriles is 1. The van der Waals surface area contributed by atoms with Gasteiger partial charge in [0.05, 0.1) is 41.1 Å². The van der Waals surface area contributed by atoms with E-state index in [4.69, 9.17) is 10.00 Å². The molecule has 1 fully saturated rings. The summed E-state index contributed by atoms with van der Waals surface area (Å²) in [6.45, 7) is 5.22. The van der Waals surface area contributed by atoms with E-state index in [-0.39, 0.29) is 6.10 Å². The van der Waals surface area contributed by atoms with Gasteiger partial charge in [-0.15, -0.1) is 0 Å². The first kappa shape index (κ1) is 19.3. The van der Waals surface area contributed by atoms with E-state index in [1.54, 1.807) is 0 Å². The van der Waals surface area contributed by atoms with E-state index in [9.17, 15) is 0 Å². The van der Waals surface area contributed by atoms with Crippen LogP contribution in [0.1, 0.15) is 34.7 Å². The fourth-order valence-electron chi connectivity index (χ4n) is 5.36. The average Bonchev–Trinajstić information content (AvgIpc) is 3.35. The van der Waals surface area contributed by atoms with Gasteiger partial charge in [0.2, 0.25) is 0 Å². The van der Waals surface area contributed by atoms with Crippen molar-refractivity contribution in [1.82, 2.24) is 14.5 Å². The Balaban J connectivity index is 1.27. The highest BCUT2D eigenvalue weighted by Gasteiger charge is 2.33. The second kappa shape index (κ2) is 7.86. The molecule has 2 aromatic carbocycles. The molecule has 0 saturated carbocycles. The van der Waals surface area contributed by atoms with E-state index < -0.39 is 0 Å². The van der Waals surface area contributed by atoms with E-state index in [1.807, 2.05) is 19.5 Å². The summed E-state index contributed by atoms with van der Waals surface area (Å²) >= 11 is 0. The van der Waals surface area contributed by atoms with Crippen LogP contribution in [0.5, 0.6) is 0 Å². The van der Waals surface area contributed by atoms with Crippen molar-refractivity contribution in [2.24, 2.45) is 5.92 Å². The molecular weight excluding hydrogens is 372 g/mol. The summed E-state index contributed by atoms with van der Waals surface area (Å²) in [5, 5.41) is 9.16. The molecule has 30 heavy (non-hydrogen) atoms. The highest BCUT2D eigenvalue weighted by atomic mass is 16.5. The minimum Gasteiger partial charge on any atom is -0.378 e. The van der Waals surface area contributed by atoms with E-state index >= 15 is 0 Å². The van der Waals surface area contributed by atoms with Crippen molar-refractivity contribution in [2.45, 2.75) is 38.3 Å². The number of aryl methyl sites for hydroxylation is 1. The largest absolute Gasteiger partial charge is 0.378 e. The molecule has 0 N–H and O–H groups in total. The van der Waals surface area contributed by atoms with Crippen molar-refractivity contribution in [2.75, 3.05) is 26.7 Å². The van der Waals surface area contributed by atoms with E-state index in [1.165, 1.54) is 22.2 Å². The topological polar surface area (TPSA) is 54.1 Å². The number of likely N-dealkylation sites (tertiary alicyclic amines) is 1. The lowest BCUT2D eigenvalue weighted by atomic mass is 9.98. The van der Waals surface area contributed by atoms with Crippen LogP contribution in [-0.4, -0.2) is 47.3 Å². The van der Waals surface area contributed by atoms with Crippen LogP contribution in [-0.2, 0) is 17.6 Å².